The fraction of sp³-hybridized carbons (Fsp3) is 0.615. The molecule has 2 aliphatic rings. The lowest BCUT2D eigenvalue weighted by atomic mass is 10.0. The Hall–Kier alpha value is -0.710. The van der Waals surface area contributed by atoms with Crippen LogP contribution in [0.1, 0.15) is 0 Å². The minimum atomic E-state index is -1.17. The molecule has 2 N–H and O–H groups in total. The maximum Gasteiger partial charge on any atom is 0.301 e. The molecule has 2 aliphatic heterocycles. The zero-order valence-electron chi connectivity index (χ0n) is 12.5. The quantitative estimate of drug-likeness (QED) is 0.471. The number of aliphatic hydroxyl groups excluding tert-OH is 1. The number of ether oxygens (including phenoxy) is 1. The lowest BCUT2D eigenvalue weighted by Crippen LogP contribution is -2.68. The van der Waals surface area contributed by atoms with Gasteiger partial charge in [-0.1, -0.05) is 0 Å². The zero-order chi connectivity index (χ0) is 15.1. The predicted molar refractivity (Wildman–Crippen MR) is 85.4 cm³/mol. The lowest BCUT2D eigenvalue weighted by Gasteiger charge is -2.50. The second-order valence-corrected chi connectivity index (χ2v) is 11.4. The average Bonchev–Trinajstić information content (AvgIpc) is 2.36. The number of methoxy groups -OCH3 is 1. The number of β-lactam (4-membered cyclic amide) rings is 1. The summed E-state index contributed by atoms with van der Waals surface area (Å²) in [7, 11) is 2.04. The normalized spacial score (nSPS) is 30.9. The Morgan fingerprint density at radius 3 is 2.70 bits per heavy atom. The minimum absolute atomic E-state index is 0.0126. The van der Waals surface area contributed by atoms with Crippen LogP contribution < -0.4 is 5.32 Å². The van der Waals surface area contributed by atoms with Crippen molar-refractivity contribution in [1.29, 1.82) is 0 Å². The molecule has 1 amide bonds. The largest absolute Gasteiger partial charge is 0.479 e. The highest BCUT2D eigenvalue weighted by atomic mass is 32.2. The summed E-state index contributed by atoms with van der Waals surface area (Å²) in [4.78, 5) is 13.8. The van der Waals surface area contributed by atoms with Crippen LogP contribution in [0.5, 0.6) is 0 Å². The van der Waals surface area contributed by atoms with Gasteiger partial charge in [0.2, 0.25) is 5.91 Å². The van der Waals surface area contributed by atoms with E-state index >= 15 is 0 Å². The minimum Gasteiger partial charge on any atom is -0.479 e. The summed E-state index contributed by atoms with van der Waals surface area (Å²) >= 11 is 1.72. The second kappa shape index (κ2) is 5.58. The number of fused-ring (bicyclic) bond motifs is 1. The van der Waals surface area contributed by atoms with Crippen LogP contribution in [0, 0.1) is 0 Å². The van der Waals surface area contributed by atoms with Crippen molar-refractivity contribution in [3.63, 3.8) is 0 Å². The molecule has 0 bridgehead atoms. The van der Waals surface area contributed by atoms with Crippen molar-refractivity contribution in [2.45, 2.75) is 11.4 Å². The Bertz CT molecular complexity index is 484. The molecular weight excluding hydrogens is 295 g/mol. The van der Waals surface area contributed by atoms with Gasteiger partial charge < -0.3 is 15.2 Å². The monoisotopic (exact) mass is 317 g/mol. The zero-order valence-corrected chi connectivity index (χ0v) is 14.2. The third kappa shape index (κ3) is 2.69. The Balaban J connectivity index is 2.41. The van der Waals surface area contributed by atoms with Crippen LogP contribution in [0.15, 0.2) is 23.0 Å². The smallest absolute Gasteiger partial charge is 0.301 e. The summed E-state index contributed by atoms with van der Waals surface area (Å²) < 4.78 is 4.99. The van der Waals surface area contributed by atoms with Gasteiger partial charge in [0.1, 0.15) is 17.1 Å². The van der Waals surface area contributed by atoms with Gasteiger partial charge in [-0.3, -0.25) is 9.69 Å². The van der Waals surface area contributed by atoms with Gasteiger partial charge in [0.15, 0.2) is 0 Å². The predicted octanol–water partition coefficient (Wildman–Crippen LogP) is 1.65. The molecule has 7 heteroatoms. The molecule has 5 nitrogen and oxygen atoms in total. The number of thioether (sulfide) groups is 1. The van der Waals surface area contributed by atoms with E-state index in [-0.39, 0.29) is 23.3 Å². The van der Waals surface area contributed by atoms with E-state index in [1.807, 2.05) is 0 Å². The van der Waals surface area contributed by atoms with Gasteiger partial charge >= 0.3 is 5.95 Å². The molecule has 0 aromatic heterocycles. The van der Waals surface area contributed by atoms with Gasteiger partial charge in [0.25, 0.3) is 0 Å². The average molecular weight is 317 g/mol. The van der Waals surface area contributed by atoms with Gasteiger partial charge in [-0.15, -0.1) is 11.8 Å². The van der Waals surface area contributed by atoms with Gasteiger partial charge in [-0.2, -0.15) is 0 Å². The first-order valence-corrected chi connectivity index (χ1v) is 10.7. The van der Waals surface area contributed by atoms with Crippen molar-refractivity contribution in [2.75, 3.05) is 39.9 Å². The summed E-state index contributed by atoms with van der Waals surface area (Å²) in [5.41, 5.74) is 1.54. The molecule has 20 heavy (non-hydrogen) atoms. The third-order valence-corrected chi connectivity index (χ3v) is 5.64. The van der Waals surface area contributed by atoms with E-state index in [1.165, 1.54) is 7.11 Å². The molecule has 2 atom stereocenters. The van der Waals surface area contributed by atoms with Crippen molar-refractivity contribution in [2.24, 2.45) is 0 Å². The Kier molecular flexibility index (Phi) is 4.38. The van der Waals surface area contributed by atoms with Crippen LogP contribution in [0.2, 0.25) is 0 Å². The van der Waals surface area contributed by atoms with E-state index in [0.29, 0.717) is 5.70 Å². The third-order valence-electron chi connectivity index (χ3n) is 3.25. The molecule has 0 aromatic carbocycles. The van der Waals surface area contributed by atoms with Crippen LogP contribution in [-0.2, 0) is 9.53 Å². The topological polar surface area (TPSA) is 61.8 Å². The molecule has 0 aromatic rings. The summed E-state index contributed by atoms with van der Waals surface area (Å²) in [6.45, 7) is 6.60. The number of hydrogen-bond acceptors (Lipinski definition) is 5. The number of nitrogens with one attached hydrogen (secondary N) is 1. The van der Waals surface area contributed by atoms with Crippen molar-refractivity contribution >= 4 is 24.9 Å². The van der Waals surface area contributed by atoms with Crippen LogP contribution in [0.4, 0.5) is 0 Å². The maximum atomic E-state index is 12.2. The first kappa shape index (κ1) is 15.7. The number of amides is 1. The van der Waals surface area contributed by atoms with Crippen LogP contribution >= 0.6 is 19.0 Å². The summed E-state index contributed by atoms with van der Waals surface area (Å²) in [6, 6.07) is -0.175. The fourth-order valence-corrected chi connectivity index (χ4v) is 5.09. The molecule has 0 saturated carbocycles. The summed E-state index contributed by atoms with van der Waals surface area (Å²) in [5, 5.41) is 13.1. The summed E-state index contributed by atoms with van der Waals surface area (Å²) in [5.74, 6) is 2.80. The fourth-order valence-electron chi connectivity index (χ4n) is 2.44. The number of hydrogen-bond donors (Lipinski definition) is 2. The Labute approximate surface area is 124 Å². The number of likely N-dealkylation sites (N-methyl/N-ethyl adjacent to an activating group) is 1. The molecule has 2 fully saturated rings. The van der Waals surface area contributed by atoms with Gasteiger partial charge in [0, 0.05) is 18.6 Å². The molecule has 2 unspecified atom stereocenters. The van der Waals surface area contributed by atoms with Crippen molar-refractivity contribution < 1.29 is 14.6 Å². The highest BCUT2D eigenvalue weighted by Gasteiger charge is 2.53. The van der Waals surface area contributed by atoms with Crippen LogP contribution in [0.25, 0.3) is 0 Å². The molecule has 0 spiro atoms. The van der Waals surface area contributed by atoms with Crippen LogP contribution in [0.3, 0.4) is 0 Å². The van der Waals surface area contributed by atoms with E-state index in [0.717, 1.165) is 11.3 Å². The van der Waals surface area contributed by atoms with E-state index in [9.17, 15) is 9.90 Å². The Morgan fingerprint density at radius 2 is 2.20 bits per heavy atom. The highest BCUT2D eigenvalue weighted by molar-refractivity contribution is 8.00. The first-order valence-electron chi connectivity index (χ1n) is 6.42. The molecule has 0 radical (unpaired) electrons. The highest BCUT2D eigenvalue weighted by Crippen LogP contribution is 2.53. The first-order chi connectivity index (χ1) is 9.30. The van der Waals surface area contributed by atoms with Crippen molar-refractivity contribution in [3.05, 3.63) is 23.0 Å². The molecular formula is C13H22N2O3PS+. The van der Waals surface area contributed by atoms with Gasteiger partial charge in [-0.25, -0.2) is 0 Å². The van der Waals surface area contributed by atoms with E-state index in [2.05, 4.69) is 31.1 Å². The molecule has 112 valence electrons. The number of carbonyl (C=O) groups excluding carboxylic acids is 1. The van der Waals surface area contributed by atoms with Crippen molar-refractivity contribution in [1.82, 2.24) is 10.2 Å². The van der Waals surface area contributed by atoms with Gasteiger partial charge in [-0.05, 0) is 7.05 Å². The molecule has 2 rings (SSSR count). The molecule has 2 saturated heterocycles. The van der Waals surface area contributed by atoms with Gasteiger partial charge in [0.05, 0.1) is 32.9 Å². The lowest BCUT2D eigenvalue weighted by molar-refractivity contribution is -0.143. The maximum absolute atomic E-state index is 12.2. The number of rotatable bonds is 3. The van der Waals surface area contributed by atoms with E-state index in [1.54, 1.807) is 23.7 Å². The van der Waals surface area contributed by atoms with Crippen LogP contribution in [-0.4, -0.2) is 67.2 Å². The number of nitrogens with zero attached hydrogens (tertiary/aromatic N) is 1. The summed E-state index contributed by atoms with van der Waals surface area (Å²) in [6.07, 6.45) is 0. The standard InChI is InChI=1S/C13H21N2O3PS/c1-14-9-11(16)15-10(13(17)18-2)8(6-19(3,4)5)7-20-12(9)15/h6,9,12,14H,7H2,1-5H3/p+1. The molecule has 0 aliphatic carbocycles. The van der Waals surface area contributed by atoms with Crippen molar-refractivity contribution in [3.8, 4) is 0 Å². The Morgan fingerprint density at radius 1 is 1.55 bits per heavy atom. The SMILES string of the molecule is CNC1C(=O)N2C(=C(O)OC)C(=C[P+](C)(C)C)CSC12. The number of carbonyl (C=O) groups is 1. The molecule has 2 heterocycles. The number of allylic oxidation sites excluding steroid dienone is 1. The number of aliphatic hydroxyl groups is 1. The second-order valence-electron chi connectivity index (χ2n) is 5.80. The van der Waals surface area contributed by atoms with E-state index < -0.39 is 7.26 Å². The van der Waals surface area contributed by atoms with E-state index in [4.69, 9.17) is 4.74 Å².